The lowest BCUT2D eigenvalue weighted by atomic mass is 10.0. The van der Waals surface area contributed by atoms with Gasteiger partial charge in [0.15, 0.2) is 12.4 Å². The molecule has 0 unspecified atom stereocenters. The predicted octanol–water partition coefficient (Wildman–Crippen LogP) is 2.98. The Morgan fingerprint density at radius 2 is 2.09 bits per heavy atom. The van der Waals surface area contributed by atoms with Crippen LogP contribution in [0.25, 0.3) is 0 Å². The number of pyridine rings is 1. The van der Waals surface area contributed by atoms with Crippen molar-refractivity contribution in [2.24, 2.45) is 4.99 Å². The number of rotatable bonds is 6. The number of aliphatic imine (C=N–C) groups is 1. The second kappa shape index (κ2) is 7.74. The zero-order valence-electron chi connectivity index (χ0n) is 12.8. The molecule has 0 spiro atoms. The van der Waals surface area contributed by atoms with Crippen LogP contribution in [0.5, 0.6) is 0 Å². The van der Waals surface area contributed by atoms with Crippen molar-refractivity contribution < 1.29 is 13.8 Å². The minimum absolute atomic E-state index is 0.224. The van der Waals surface area contributed by atoms with Crippen LogP contribution in [0.4, 0.5) is 4.39 Å². The van der Waals surface area contributed by atoms with Crippen molar-refractivity contribution in [2.75, 3.05) is 6.54 Å². The average Bonchev–Trinajstić information content (AvgIpc) is 2.53. The number of carbonyl (C=O) groups is 1. The highest BCUT2D eigenvalue weighted by atomic mass is 32.1. The first-order valence-electron chi connectivity index (χ1n) is 7.12. The lowest BCUT2D eigenvalue weighted by molar-refractivity contribution is -0.692. The molecule has 1 atom stereocenters. The maximum Gasteiger partial charge on any atom is 0.237 e. The highest BCUT2D eigenvalue weighted by molar-refractivity contribution is 7.77. The normalized spacial score (nSPS) is 12.7. The quantitative estimate of drug-likeness (QED) is 0.204. The van der Waals surface area contributed by atoms with Crippen molar-refractivity contribution >= 4 is 23.5 Å². The van der Waals surface area contributed by atoms with Gasteiger partial charge in [0, 0.05) is 17.2 Å². The van der Waals surface area contributed by atoms with Gasteiger partial charge in [-0.05, 0) is 42.3 Å². The van der Waals surface area contributed by atoms with Gasteiger partial charge in [-0.15, -0.1) is 6.58 Å². The van der Waals surface area contributed by atoms with E-state index in [1.165, 1.54) is 24.3 Å². The summed E-state index contributed by atoms with van der Waals surface area (Å²) >= 11 is 5.34. The number of aromatic nitrogens is 1. The lowest BCUT2D eigenvalue weighted by Crippen LogP contribution is -2.48. The highest BCUT2D eigenvalue weighted by Gasteiger charge is 2.28. The van der Waals surface area contributed by atoms with Gasteiger partial charge in [-0.1, -0.05) is 6.08 Å². The van der Waals surface area contributed by atoms with Gasteiger partial charge in [0.2, 0.25) is 11.8 Å². The van der Waals surface area contributed by atoms with Gasteiger partial charge in [0.25, 0.3) is 0 Å². The summed E-state index contributed by atoms with van der Waals surface area (Å²) in [6.45, 7) is 5.88. The minimum Gasteiger partial charge on any atom is -0.758 e. The Bertz CT molecular complexity index is 741. The molecule has 2 rings (SSSR count). The van der Waals surface area contributed by atoms with Crippen LogP contribution in [-0.4, -0.2) is 17.4 Å². The van der Waals surface area contributed by atoms with Gasteiger partial charge in [-0.25, -0.2) is 4.39 Å². The lowest BCUT2D eigenvalue weighted by Gasteiger charge is -2.18. The Labute approximate surface area is 140 Å². The second-order valence-corrected chi connectivity index (χ2v) is 5.49. The molecule has 1 heterocycles. The summed E-state index contributed by atoms with van der Waals surface area (Å²) in [5, 5.41) is 0.273. The number of hydrogen-bond acceptors (Lipinski definition) is 3. The van der Waals surface area contributed by atoms with Crippen molar-refractivity contribution in [1.29, 1.82) is 0 Å². The summed E-state index contributed by atoms with van der Waals surface area (Å²) in [6, 6.07) is 8.46. The van der Waals surface area contributed by atoms with Crippen molar-refractivity contribution in [2.45, 2.75) is 13.0 Å². The van der Waals surface area contributed by atoms with E-state index in [2.05, 4.69) is 11.6 Å². The van der Waals surface area contributed by atoms with Crippen molar-refractivity contribution in [3.63, 3.8) is 0 Å². The Morgan fingerprint density at radius 3 is 2.70 bits per heavy atom. The monoisotopic (exact) mass is 328 g/mol. The fourth-order valence-corrected chi connectivity index (χ4v) is 2.47. The SMILES string of the molecule is C=CCN=C([S-])[C@@H](C(=O)c1ccc(F)cc1)[n+]1cccc(C)c1. The second-order valence-electron chi connectivity index (χ2n) is 5.07. The number of benzene rings is 1. The van der Waals surface area contributed by atoms with Crippen LogP contribution in [0.1, 0.15) is 22.0 Å². The third kappa shape index (κ3) is 4.29. The van der Waals surface area contributed by atoms with Crippen LogP contribution >= 0.6 is 0 Å². The summed E-state index contributed by atoms with van der Waals surface area (Å²) in [6.07, 6.45) is 5.23. The Kier molecular flexibility index (Phi) is 5.71. The van der Waals surface area contributed by atoms with Gasteiger partial charge in [-0.2, -0.15) is 4.57 Å². The molecule has 0 aliphatic carbocycles. The molecular formula is C18H17FN2OS. The van der Waals surface area contributed by atoms with Crippen LogP contribution in [0.15, 0.2) is 66.4 Å². The van der Waals surface area contributed by atoms with Gasteiger partial charge >= 0.3 is 0 Å². The predicted molar refractivity (Wildman–Crippen MR) is 91.0 cm³/mol. The molecule has 0 amide bonds. The van der Waals surface area contributed by atoms with E-state index < -0.39 is 6.04 Å². The van der Waals surface area contributed by atoms with E-state index in [-0.39, 0.29) is 16.6 Å². The van der Waals surface area contributed by atoms with Gasteiger partial charge < -0.3 is 17.6 Å². The molecule has 1 aromatic heterocycles. The summed E-state index contributed by atoms with van der Waals surface area (Å²) in [4.78, 5) is 17.1. The number of halogens is 1. The number of hydrogen-bond donors (Lipinski definition) is 0. The molecule has 3 nitrogen and oxygen atoms in total. The first kappa shape index (κ1) is 17.0. The van der Waals surface area contributed by atoms with Crippen LogP contribution in [-0.2, 0) is 12.6 Å². The third-order valence-corrected chi connectivity index (χ3v) is 3.61. The van der Waals surface area contributed by atoms with E-state index in [4.69, 9.17) is 12.6 Å². The molecule has 0 saturated heterocycles. The molecule has 0 saturated carbocycles. The molecule has 2 aromatic rings. The summed E-state index contributed by atoms with van der Waals surface area (Å²) < 4.78 is 14.8. The molecule has 1 aromatic carbocycles. The van der Waals surface area contributed by atoms with E-state index in [0.717, 1.165) is 5.56 Å². The number of nitrogens with zero attached hydrogens (tertiary/aromatic N) is 2. The van der Waals surface area contributed by atoms with E-state index in [1.54, 1.807) is 16.8 Å². The molecule has 118 valence electrons. The number of Topliss-reactive ketones (excluding diaryl/α,β-unsaturated/α-hetero) is 1. The minimum atomic E-state index is -0.740. The summed E-state index contributed by atoms with van der Waals surface area (Å²) in [5.41, 5.74) is 1.39. The van der Waals surface area contributed by atoms with Crippen LogP contribution in [0.2, 0.25) is 0 Å². The largest absolute Gasteiger partial charge is 0.758 e. The van der Waals surface area contributed by atoms with E-state index in [0.29, 0.717) is 12.1 Å². The van der Waals surface area contributed by atoms with Crippen molar-refractivity contribution in [3.05, 3.63) is 78.4 Å². The molecule has 0 fully saturated rings. The molecule has 0 N–H and O–H groups in total. The standard InChI is InChI=1S/C18H17FN2OS/c1-3-10-20-18(23)16(21-11-4-5-13(2)12-21)17(22)14-6-8-15(19)9-7-14/h3-9,11-12,16H,1,10H2,2H3/t16-/m1/s1. The molecule has 23 heavy (non-hydrogen) atoms. The summed E-state index contributed by atoms with van der Waals surface area (Å²) in [7, 11) is 0. The van der Waals surface area contributed by atoms with Gasteiger partial charge in [-0.3, -0.25) is 4.79 Å². The summed E-state index contributed by atoms with van der Waals surface area (Å²) in [5.74, 6) is -0.612. The fraction of sp³-hybridized carbons (Fsp3) is 0.167. The number of carbonyl (C=O) groups excluding carboxylic acids is 1. The first-order chi connectivity index (χ1) is 11.0. The van der Waals surface area contributed by atoms with E-state index in [1.807, 2.05) is 25.3 Å². The number of aryl methyl sites for hydroxylation is 1. The smallest absolute Gasteiger partial charge is 0.237 e. The molecule has 0 aliphatic rings. The Morgan fingerprint density at radius 1 is 1.39 bits per heavy atom. The zero-order chi connectivity index (χ0) is 16.8. The maximum atomic E-state index is 13.1. The van der Waals surface area contributed by atoms with Crippen LogP contribution in [0.3, 0.4) is 0 Å². The van der Waals surface area contributed by atoms with Crippen LogP contribution in [0, 0.1) is 12.7 Å². The third-order valence-electron chi connectivity index (χ3n) is 3.26. The molecular weight excluding hydrogens is 311 g/mol. The number of ketones is 1. The zero-order valence-corrected chi connectivity index (χ0v) is 13.6. The van der Waals surface area contributed by atoms with Crippen LogP contribution < -0.4 is 4.57 Å². The van der Waals surface area contributed by atoms with Gasteiger partial charge in [0.1, 0.15) is 5.82 Å². The first-order valence-corrected chi connectivity index (χ1v) is 7.53. The molecule has 0 bridgehead atoms. The fourth-order valence-electron chi connectivity index (χ4n) is 2.16. The highest BCUT2D eigenvalue weighted by Crippen LogP contribution is 2.13. The Balaban J connectivity index is 2.46. The van der Waals surface area contributed by atoms with Gasteiger partial charge in [0.05, 0.1) is 6.54 Å². The average molecular weight is 328 g/mol. The van der Waals surface area contributed by atoms with E-state index in [9.17, 15) is 9.18 Å². The van der Waals surface area contributed by atoms with E-state index >= 15 is 0 Å². The molecule has 0 radical (unpaired) electrons. The topological polar surface area (TPSA) is 33.3 Å². The maximum absolute atomic E-state index is 13.1. The molecule has 5 heteroatoms. The Hall–Kier alpha value is -2.40. The van der Waals surface area contributed by atoms with Crippen molar-refractivity contribution in [3.8, 4) is 0 Å². The molecule has 0 aliphatic heterocycles. The van der Waals surface area contributed by atoms with Crippen molar-refractivity contribution in [1.82, 2.24) is 0 Å².